The van der Waals surface area contributed by atoms with Crippen molar-refractivity contribution in [3.63, 3.8) is 0 Å². The van der Waals surface area contributed by atoms with Crippen LogP contribution in [0.25, 0.3) is 0 Å². The van der Waals surface area contributed by atoms with Crippen molar-refractivity contribution in [2.45, 2.75) is 145 Å². The van der Waals surface area contributed by atoms with Gasteiger partial charge >= 0.3 is 0 Å². The van der Waals surface area contributed by atoms with Crippen LogP contribution in [0, 0.1) is 5.92 Å². The second-order valence-corrected chi connectivity index (χ2v) is 18.3. The van der Waals surface area contributed by atoms with Crippen LogP contribution in [0.2, 0.25) is 0 Å². The maximum Gasteiger partial charge on any atom is 0 e. The average Bonchev–Trinajstić information content (AvgIpc) is 3.72. The monoisotopic (exact) mass is 604 g/mol. The molecule has 4 aliphatic rings. The summed E-state index contributed by atoms with van der Waals surface area (Å²) in [5.41, 5.74) is 4.01. The quantitative estimate of drug-likeness (QED) is 0.218. The van der Waals surface area contributed by atoms with Gasteiger partial charge in [0.1, 0.15) is 0 Å². The zero-order valence-electron chi connectivity index (χ0n) is 24.6. The van der Waals surface area contributed by atoms with E-state index in [1.54, 1.807) is 42.7 Å². The summed E-state index contributed by atoms with van der Waals surface area (Å²) in [4.78, 5) is 0. The smallest absolute Gasteiger partial charge is 0 e. The van der Waals surface area contributed by atoms with Crippen molar-refractivity contribution in [1.29, 1.82) is 0 Å². The van der Waals surface area contributed by atoms with Gasteiger partial charge in [-0.2, -0.15) is 0 Å². The molecule has 4 fully saturated rings. The van der Waals surface area contributed by atoms with E-state index in [4.69, 9.17) is 0 Å². The fourth-order valence-electron chi connectivity index (χ4n) is 8.37. The molecule has 4 saturated carbocycles. The van der Waals surface area contributed by atoms with Gasteiger partial charge in [-0.1, -0.05) is 153 Å². The molecule has 2 aromatic carbocycles. The standard InChI is InChI=1S/C31H44P2.C5H10.Fe/c1-25(32(26-15-6-2-7-16-26)27-17-8-3-9-18-27)30-23-14-24-31(30)33(28-19-10-4-11-20-28)29-21-12-5-13-22-29;1-2-4-5-3-1;/h2-3,6-9,15-18,25,28-31H,4-5,10-14,19-24H2,1H3;1-5H2;/t25-,30?,31?;;/m1../s1. The maximum absolute atomic E-state index is 2.66. The van der Waals surface area contributed by atoms with Crippen LogP contribution >= 0.6 is 15.8 Å². The summed E-state index contributed by atoms with van der Waals surface area (Å²) in [6.07, 6.45) is 27.3. The molecule has 0 nitrogen and oxygen atoms in total. The summed E-state index contributed by atoms with van der Waals surface area (Å²) in [6, 6.07) is 23.1. The summed E-state index contributed by atoms with van der Waals surface area (Å²) in [5, 5.41) is 3.19. The first-order valence-corrected chi connectivity index (χ1v) is 19.5. The van der Waals surface area contributed by atoms with E-state index in [0.29, 0.717) is 0 Å². The zero-order valence-corrected chi connectivity index (χ0v) is 27.5. The van der Waals surface area contributed by atoms with Gasteiger partial charge in [-0.05, 0) is 85.6 Å². The second-order valence-electron chi connectivity index (χ2n) is 12.7. The predicted molar refractivity (Wildman–Crippen MR) is 173 cm³/mol. The van der Waals surface area contributed by atoms with Gasteiger partial charge in [0.25, 0.3) is 0 Å². The largest absolute Gasteiger partial charge is 0.0968 e. The topological polar surface area (TPSA) is 0 Å². The first kappa shape index (κ1) is 31.7. The Morgan fingerprint density at radius 2 is 0.923 bits per heavy atom. The summed E-state index contributed by atoms with van der Waals surface area (Å²) in [6.45, 7) is 2.66. The van der Waals surface area contributed by atoms with E-state index in [1.165, 1.54) is 83.5 Å². The molecule has 2 unspecified atom stereocenters. The van der Waals surface area contributed by atoms with Gasteiger partial charge in [-0.25, -0.2) is 0 Å². The van der Waals surface area contributed by atoms with E-state index in [2.05, 4.69) is 67.6 Å². The Hall–Kier alpha value is -0.181. The van der Waals surface area contributed by atoms with Crippen molar-refractivity contribution in [3.05, 3.63) is 60.7 Å². The Morgan fingerprint density at radius 1 is 0.513 bits per heavy atom. The van der Waals surface area contributed by atoms with Crippen molar-refractivity contribution in [2.24, 2.45) is 5.92 Å². The molecule has 0 amide bonds. The molecule has 0 N–H and O–H groups in total. The third kappa shape index (κ3) is 8.67. The molecule has 216 valence electrons. The molecule has 0 aromatic heterocycles. The summed E-state index contributed by atoms with van der Waals surface area (Å²) in [7, 11) is -0.121. The maximum atomic E-state index is 2.66. The third-order valence-corrected chi connectivity index (χ3v) is 17.3. The van der Waals surface area contributed by atoms with Crippen LogP contribution in [0.4, 0.5) is 0 Å². The molecule has 6 rings (SSSR count). The van der Waals surface area contributed by atoms with E-state index in [-0.39, 0.29) is 32.9 Å². The van der Waals surface area contributed by atoms with E-state index in [9.17, 15) is 0 Å². The van der Waals surface area contributed by atoms with Gasteiger partial charge < -0.3 is 0 Å². The molecular formula is C36H54FeP2. The molecule has 3 heteroatoms. The van der Waals surface area contributed by atoms with Crippen molar-refractivity contribution in [1.82, 2.24) is 0 Å². The summed E-state index contributed by atoms with van der Waals surface area (Å²) >= 11 is 0. The van der Waals surface area contributed by atoms with Crippen LogP contribution in [-0.2, 0) is 17.1 Å². The molecule has 0 heterocycles. The fourth-order valence-corrected chi connectivity index (χ4v) is 16.4. The van der Waals surface area contributed by atoms with Crippen molar-refractivity contribution < 1.29 is 17.1 Å². The van der Waals surface area contributed by atoms with E-state index in [0.717, 1.165) is 28.6 Å². The van der Waals surface area contributed by atoms with Crippen LogP contribution in [-0.4, -0.2) is 22.6 Å². The van der Waals surface area contributed by atoms with Crippen LogP contribution in [0.1, 0.15) is 122 Å². The van der Waals surface area contributed by atoms with Gasteiger partial charge in [0.05, 0.1) is 0 Å². The van der Waals surface area contributed by atoms with Crippen LogP contribution in [0.15, 0.2) is 60.7 Å². The number of hydrogen-bond donors (Lipinski definition) is 0. The Kier molecular flexibility index (Phi) is 13.9. The molecule has 3 atom stereocenters. The normalized spacial score (nSPS) is 25.2. The van der Waals surface area contributed by atoms with Crippen LogP contribution in [0.3, 0.4) is 0 Å². The first-order valence-electron chi connectivity index (χ1n) is 16.5. The molecule has 0 saturated heterocycles. The Balaban J connectivity index is 0.000000530. The molecule has 4 aliphatic carbocycles. The fraction of sp³-hybridized carbons (Fsp3) is 0.667. The molecule has 0 spiro atoms. The second kappa shape index (κ2) is 17.1. The van der Waals surface area contributed by atoms with Crippen molar-refractivity contribution >= 4 is 26.5 Å². The van der Waals surface area contributed by atoms with Gasteiger partial charge in [0.2, 0.25) is 0 Å². The van der Waals surface area contributed by atoms with Gasteiger partial charge in [0, 0.05) is 17.1 Å². The Bertz CT molecular complexity index is 837. The number of benzene rings is 2. The molecule has 39 heavy (non-hydrogen) atoms. The summed E-state index contributed by atoms with van der Waals surface area (Å²) in [5.74, 6) is 0.937. The SMILES string of the molecule is C1CCCC1.C[C@H](C1CCCC1P(C1CCCCC1)C1CCCCC1)P(c1ccccc1)c1ccccc1.[Fe]. The molecule has 0 aliphatic heterocycles. The van der Waals surface area contributed by atoms with Crippen LogP contribution < -0.4 is 10.6 Å². The van der Waals surface area contributed by atoms with Crippen LogP contribution in [0.5, 0.6) is 0 Å². The molecular weight excluding hydrogens is 550 g/mol. The minimum absolute atomic E-state index is 0. The zero-order chi connectivity index (χ0) is 26.0. The van der Waals surface area contributed by atoms with Gasteiger partial charge in [-0.3, -0.25) is 0 Å². The molecule has 0 radical (unpaired) electrons. The van der Waals surface area contributed by atoms with E-state index < -0.39 is 0 Å². The predicted octanol–water partition coefficient (Wildman–Crippen LogP) is 10.8. The van der Waals surface area contributed by atoms with Gasteiger partial charge in [-0.15, -0.1) is 0 Å². The molecule has 0 bridgehead atoms. The van der Waals surface area contributed by atoms with Crippen molar-refractivity contribution in [2.75, 3.05) is 0 Å². The van der Waals surface area contributed by atoms with E-state index in [1.807, 2.05) is 0 Å². The average molecular weight is 605 g/mol. The third-order valence-electron chi connectivity index (χ3n) is 10.3. The summed E-state index contributed by atoms with van der Waals surface area (Å²) < 4.78 is 0. The number of rotatable bonds is 7. The molecule has 2 aromatic rings. The van der Waals surface area contributed by atoms with E-state index >= 15 is 0 Å². The number of hydrogen-bond acceptors (Lipinski definition) is 0. The van der Waals surface area contributed by atoms with Crippen molar-refractivity contribution in [3.8, 4) is 0 Å². The Morgan fingerprint density at radius 3 is 1.36 bits per heavy atom. The minimum atomic E-state index is -0.299. The first-order chi connectivity index (χ1) is 18.8. The Labute approximate surface area is 254 Å². The van der Waals surface area contributed by atoms with Gasteiger partial charge in [0.15, 0.2) is 0 Å². The minimum Gasteiger partial charge on any atom is -0.0968 e.